The first-order chi connectivity index (χ1) is 10.2. The van der Waals surface area contributed by atoms with Crippen molar-refractivity contribution < 1.29 is 4.74 Å². The number of ether oxygens (including phenoxy) is 1. The Morgan fingerprint density at radius 2 is 1.81 bits per heavy atom. The number of nitrogens with zero attached hydrogens (tertiary/aromatic N) is 1. The molecule has 3 heteroatoms. The van der Waals surface area contributed by atoms with Crippen LogP contribution in [0.15, 0.2) is 6.07 Å². The van der Waals surface area contributed by atoms with Crippen molar-refractivity contribution in [2.45, 2.75) is 72.8 Å². The maximum Gasteiger partial charge on any atom is 0.218 e. The summed E-state index contributed by atoms with van der Waals surface area (Å²) in [5, 5.41) is 3.45. The summed E-state index contributed by atoms with van der Waals surface area (Å²) in [5.74, 6) is 0.826. The molecule has 0 atom stereocenters. The zero-order valence-electron chi connectivity index (χ0n) is 14.3. The minimum absolute atomic E-state index is 0.778. The molecule has 0 saturated carbocycles. The van der Waals surface area contributed by atoms with Crippen LogP contribution in [-0.2, 0) is 6.54 Å². The van der Waals surface area contributed by atoms with Crippen LogP contribution in [0.25, 0.3) is 0 Å². The molecule has 0 spiro atoms. The maximum absolute atomic E-state index is 5.96. The fourth-order valence-electron chi connectivity index (χ4n) is 2.43. The van der Waals surface area contributed by atoms with Gasteiger partial charge in [-0.25, -0.2) is 4.98 Å². The topological polar surface area (TPSA) is 34.1 Å². The van der Waals surface area contributed by atoms with E-state index < -0.39 is 0 Å². The van der Waals surface area contributed by atoms with Crippen LogP contribution >= 0.6 is 0 Å². The van der Waals surface area contributed by atoms with Crippen molar-refractivity contribution in [1.82, 2.24) is 10.3 Å². The lowest BCUT2D eigenvalue weighted by Gasteiger charge is -2.14. The quantitative estimate of drug-likeness (QED) is 0.608. The van der Waals surface area contributed by atoms with Gasteiger partial charge in [0.25, 0.3) is 0 Å². The molecule has 1 aromatic rings. The van der Waals surface area contributed by atoms with Gasteiger partial charge < -0.3 is 10.1 Å². The van der Waals surface area contributed by atoms with Crippen molar-refractivity contribution in [2.75, 3.05) is 13.2 Å². The molecule has 1 aromatic heterocycles. The van der Waals surface area contributed by atoms with Crippen molar-refractivity contribution in [1.29, 1.82) is 0 Å². The van der Waals surface area contributed by atoms with E-state index in [9.17, 15) is 0 Å². The molecule has 0 aliphatic heterocycles. The van der Waals surface area contributed by atoms with Crippen LogP contribution in [0.4, 0.5) is 0 Å². The molecular weight excluding hydrogens is 260 g/mol. The maximum atomic E-state index is 5.96. The van der Waals surface area contributed by atoms with E-state index in [2.05, 4.69) is 37.1 Å². The highest BCUT2D eigenvalue weighted by Crippen LogP contribution is 2.21. The second-order valence-electron chi connectivity index (χ2n) is 5.80. The Kier molecular flexibility index (Phi) is 9.07. The molecule has 0 saturated heterocycles. The number of aromatic nitrogens is 1. The largest absolute Gasteiger partial charge is 0.477 e. The van der Waals surface area contributed by atoms with Crippen molar-refractivity contribution in [3.05, 3.63) is 22.9 Å². The minimum atomic E-state index is 0.778. The van der Waals surface area contributed by atoms with Crippen LogP contribution in [0.5, 0.6) is 5.88 Å². The average molecular weight is 292 g/mol. The van der Waals surface area contributed by atoms with Crippen molar-refractivity contribution in [3.63, 3.8) is 0 Å². The van der Waals surface area contributed by atoms with E-state index in [0.29, 0.717) is 0 Å². The second-order valence-corrected chi connectivity index (χ2v) is 5.80. The van der Waals surface area contributed by atoms with Gasteiger partial charge in [-0.2, -0.15) is 0 Å². The van der Waals surface area contributed by atoms with E-state index in [1.54, 1.807) is 0 Å². The van der Waals surface area contributed by atoms with Gasteiger partial charge in [-0.15, -0.1) is 0 Å². The van der Waals surface area contributed by atoms with Crippen molar-refractivity contribution >= 4 is 0 Å². The Balaban J connectivity index is 2.53. The smallest absolute Gasteiger partial charge is 0.218 e. The Labute approximate surface area is 130 Å². The average Bonchev–Trinajstić information content (AvgIpc) is 2.45. The Bertz CT molecular complexity index is 404. The predicted octanol–water partition coefficient (Wildman–Crippen LogP) is 4.55. The Morgan fingerprint density at radius 3 is 2.52 bits per heavy atom. The van der Waals surface area contributed by atoms with Gasteiger partial charge in [0.1, 0.15) is 0 Å². The first-order valence-electron chi connectivity index (χ1n) is 8.49. The molecule has 120 valence electrons. The van der Waals surface area contributed by atoms with Gasteiger partial charge in [-0.1, -0.05) is 39.5 Å². The molecule has 3 nitrogen and oxygen atoms in total. The fourth-order valence-corrected chi connectivity index (χ4v) is 2.43. The molecule has 0 aliphatic rings. The summed E-state index contributed by atoms with van der Waals surface area (Å²) in [6.07, 6.45) is 7.44. The second kappa shape index (κ2) is 10.6. The van der Waals surface area contributed by atoms with Gasteiger partial charge >= 0.3 is 0 Å². The van der Waals surface area contributed by atoms with Crippen LogP contribution in [0, 0.1) is 13.8 Å². The zero-order chi connectivity index (χ0) is 15.5. The number of hydrogen-bond donors (Lipinski definition) is 1. The molecule has 0 aliphatic carbocycles. The Hall–Kier alpha value is -1.09. The summed E-state index contributed by atoms with van der Waals surface area (Å²) >= 11 is 0. The SMILES string of the molecule is CCCCCCCOc1nc(C)cc(C)c1CNCCC. The van der Waals surface area contributed by atoms with Gasteiger partial charge in [-0.3, -0.25) is 0 Å². The predicted molar refractivity (Wildman–Crippen MR) is 90.0 cm³/mol. The van der Waals surface area contributed by atoms with E-state index in [0.717, 1.165) is 44.1 Å². The number of aryl methyl sites for hydroxylation is 2. The number of rotatable bonds is 11. The molecule has 1 N–H and O–H groups in total. The first-order valence-corrected chi connectivity index (χ1v) is 8.49. The summed E-state index contributed by atoms with van der Waals surface area (Å²) < 4.78 is 5.96. The normalized spacial score (nSPS) is 10.9. The lowest BCUT2D eigenvalue weighted by atomic mass is 10.1. The molecule has 0 radical (unpaired) electrons. The first kappa shape index (κ1) is 18.0. The zero-order valence-corrected chi connectivity index (χ0v) is 14.3. The van der Waals surface area contributed by atoms with E-state index in [1.165, 1.54) is 36.8 Å². The summed E-state index contributed by atoms with van der Waals surface area (Å²) in [6, 6.07) is 2.14. The third-order valence-electron chi connectivity index (χ3n) is 3.65. The molecule has 21 heavy (non-hydrogen) atoms. The summed E-state index contributed by atoms with van der Waals surface area (Å²) in [7, 11) is 0. The molecule has 0 aromatic carbocycles. The van der Waals surface area contributed by atoms with E-state index >= 15 is 0 Å². The number of pyridine rings is 1. The van der Waals surface area contributed by atoms with Gasteiger partial charge in [0, 0.05) is 17.8 Å². The van der Waals surface area contributed by atoms with Crippen molar-refractivity contribution in [3.8, 4) is 5.88 Å². The number of hydrogen-bond acceptors (Lipinski definition) is 3. The van der Waals surface area contributed by atoms with Gasteiger partial charge in [-0.05, 0) is 44.9 Å². The van der Waals surface area contributed by atoms with Crippen LogP contribution < -0.4 is 10.1 Å². The van der Waals surface area contributed by atoms with Crippen LogP contribution in [-0.4, -0.2) is 18.1 Å². The summed E-state index contributed by atoms with van der Waals surface area (Å²) in [5.41, 5.74) is 3.52. The van der Waals surface area contributed by atoms with E-state index in [1.807, 2.05) is 6.92 Å². The van der Waals surface area contributed by atoms with Crippen molar-refractivity contribution in [2.24, 2.45) is 0 Å². The highest BCUT2D eigenvalue weighted by molar-refractivity contribution is 5.35. The molecular formula is C18H32N2O. The molecule has 1 heterocycles. The number of unbranched alkanes of at least 4 members (excludes halogenated alkanes) is 4. The summed E-state index contributed by atoms with van der Waals surface area (Å²) in [4.78, 5) is 4.58. The number of nitrogens with one attached hydrogen (secondary N) is 1. The molecule has 0 unspecified atom stereocenters. The van der Waals surface area contributed by atoms with Gasteiger partial charge in [0.2, 0.25) is 5.88 Å². The van der Waals surface area contributed by atoms with Crippen LogP contribution in [0.1, 0.15) is 69.2 Å². The molecule has 0 amide bonds. The standard InChI is InChI=1S/C18H32N2O/c1-5-7-8-9-10-12-21-18-17(14-19-11-6-2)15(3)13-16(4)20-18/h13,19H,5-12,14H2,1-4H3. The van der Waals surface area contributed by atoms with E-state index in [4.69, 9.17) is 4.74 Å². The lowest BCUT2D eigenvalue weighted by molar-refractivity contribution is 0.288. The lowest BCUT2D eigenvalue weighted by Crippen LogP contribution is -2.16. The molecule has 0 fully saturated rings. The van der Waals surface area contributed by atoms with E-state index in [-0.39, 0.29) is 0 Å². The van der Waals surface area contributed by atoms with Crippen LogP contribution in [0.2, 0.25) is 0 Å². The van der Waals surface area contributed by atoms with Gasteiger partial charge in [0.05, 0.1) is 6.61 Å². The Morgan fingerprint density at radius 1 is 1.05 bits per heavy atom. The third-order valence-corrected chi connectivity index (χ3v) is 3.65. The summed E-state index contributed by atoms with van der Waals surface area (Å²) in [6.45, 7) is 11.3. The fraction of sp³-hybridized carbons (Fsp3) is 0.722. The highest BCUT2D eigenvalue weighted by atomic mass is 16.5. The van der Waals surface area contributed by atoms with Crippen LogP contribution in [0.3, 0.4) is 0 Å². The molecule has 1 rings (SSSR count). The minimum Gasteiger partial charge on any atom is -0.477 e. The van der Waals surface area contributed by atoms with Gasteiger partial charge in [0.15, 0.2) is 0 Å². The third kappa shape index (κ3) is 6.94. The molecule has 0 bridgehead atoms. The monoisotopic (exact) mass is 292 g/mol. The highest BCUT2D eigenvalue weighted by Gasteiger charge is 2.09.